The van der Waals surface area contributed by atoms with Crippen molar-refractivity contribution in [3.63, 3.8) is 0 Å². The standard InChI is InChI=1S/C14H23NOS/c1-5-10-14(2,3)15-11-12-6-8-13(9-7-12)17(4)16/h6-9,15H,5,10-11H2,1-4H3. The molecule has 0 saturated heterocycles. The van der Waals surface area contributed by atoms with Gasteiger partial charge in [0.2, 0.25) is 0 Å². The summed E-state index contributed by atoms with van der Waals surface area (Å²) in [6.07, 6.45) is 4.06. The molecule has 0 saturated carbocycles. The molecule has 3 heteroatoms. The van der Waals surface area contributed by atoms with E-state index in [9.17, 15) is 4.21 Å². The van der Waals surface area contributed by atoms with Gasteiger partial charge in [0.25, 0.3) is 0 Å². The molecule has 96 valence electrons. The van der Waals surface area contributed by atoms with E-state index < -0.39 is 10.8 Å². The minimum absolute atomic E-state index is 0.182. The van der Waals surface area contributed by atoms with Crippen molar-refractivity contribution in [3.8, 4) is 0 Å². The normalized spacial score (nSPS) is 13.6. The Kier molecular flexibility index (Phi) is 5.34. The van der Waals surface area contributed by atoms with E-state index in [1.165, 1.54) is 18.4 Å². The molecule has 0 amide bonds. The molecular weight excluding hydrogens is 230 g/mol. The Morgan fingerprint density at radius 2 is 1.82 bits per heavy atom. The Morgan fingerprint density at radius 3 is 2.29 bits per heavy atom. The zero-order valence-electron chi connectivity index (χ0n) is 11.2. The van der Waals surface area contributed by atoms with E-state index in [4.69, 9.17) is 0 Å². The molecule has 0 radical (unpaired) electrons. The van der Waals surface area contributed by atoms with E-state index in [2.05, 4.69) is 26.1 Å². The van der Waals surface area contributed by atoms with Crippen LogP contribution < -0.4 is 5.32 Å². The molecule has 0 aliphatic heterocycles. The highest BCUT2D eigenvalue weighted by atomic mass is 32.2. The van der Waals surface area contributed by atoms with Crippen molar-refractivity contribution in [2.24, 2.45) is 0 Å². The molecule has 1 aromatic rings. The van der Waals surface area contributed by atoms with Crippen LogP contribution in [0.3, 0.4) is 0 Å². The van der Waals surface area contributed by atoms with E-state index >= 15 is 0 Å². The average molecular weight is 253 g/mol. The predicted molar refractivity (Wildman–Crippen MR) is 74.6 cm³/mol. The van der Waals surface area contributed by atoms with Crippen LogP contribution in [0.4, 0.5) is 0 Å². The van der Waals surface area contributed by atoms with Crippen LogP contribution >= 0.6 is 0 Å². The monoisotopic (exact) mass is 253 g/mol. The minimum Gasteiger partial charge on any atom is -0.308 e. The van der Waals surface area contributed by atoms with Crippen LogP contribution in [-0.4, -0.2) is 16.0 Å². The lowest BCUT2D eigenvalue weighted by Crippen LogP contribution is -2.38. The minimum atomic E-state index is -0.882. The van der Waals surface area contributed by atoms with Crippen LogP contribution in [0.25, 0.3) is 0 Å². The van der Waals surface area contributed by atoms with Gasteiger partial charge in [0.1, 0.15) is 0 Å². The molecule has 17 heavy (non-hydrogen) atoms. The molecule has 0 aliphatic rings. The van der Waals surface area contributed by atoms with Gasteiger partial charge in [-0.05, 0) is 38.0 Å². The first-order valence-corrected chi connectivity index (χ1v) is 7.68. The van der Waals surface area contributed by atoms with Crippen molar-refractivity contribution in [1.82, 2.24) is 5.32 Å². The Labute approximate surface area is 107 Å². The third kappa shape index (κ3) is 5.00. The van der Waals surface area contributed by atoms with Crippen LogP contribution in [0.1, 0.15) is 39.2 Å². The molecule has 0 spiro atoms. The predicted octanol–water partition coefficient (Wildman–Crippen LogP) is 3.09. The van der Waals surface area contributed by atoms with Crippen molar-refractivity contribution in [2.45, 2.75) is 50.6 Å². The van der Waals surface area contributed by atoms with Gasteiger partial charge in [-0.3, -0.25) is 4.21 Å². The topological polar surface area (TPSA) is 29.1 Å². The van der Waals surface area contributed by atoms with Gasteiger partial charge < -0.3 is 5.32 Å². The Bertz CT molecular complexity index is 370. The second-order valence-electron chi connectivity index (χ2n) is 5.09. The molecule has 1 unspecified atom stereocenters. The molecule has 2 nitrogen and oxygen atoms in total. The van der Waals surface area contributed by atoms with Gasteiger partial charge in [0.05, 0.1) is 0 Å². The summed E-state index contributed by atoms with van der Waals surface area (Å²) in [6.45, 7) is 7.52. The van der Waals surface area contributed by atoms with E-state index in [0.717, 1.165) is 11.4 Å². The van der Waals surface area contributed by atoms with Crippen molar-refractivity contribution in [3.05, 3.63) is 29.8 Å². The average Bonchev–Trinajstić information content (AvgIpc) is 2.27. The quantitative estimate of drug-likeness (QED) is 0.844. The van der Waals surface area contributed by atoms with Crippen LogP contribution in [0, 0.1) is 0 Å². The highest BCUT2D eigenvalue weighted by Gasteiger charge is 2.14. The second kappa shape index (κ2) is 6.31. The van der Waals surface area contributed by atoms with Gasteiger partial charge in [0.15, 0.2) is 0 Å². The molecule has 0 fully saturated rings. The summed E-state index contributed by atoms with van der Waals surface area (Å²) < 4.78 is 11.3. The third-order valence-corrected chi connectivity index (χ3v) is 3.84. The summed E-state index contributed by atoms with van der Waals surface area (Å²) in [5, 5.41) is 3.55. The summed E-state index contributed by atoms with van der Waals surface area (Å²) in [6, 6.07) is 7.98. The number of hydrogen-bond donors (Lipinski definition) is 1. The van der Waals surface area contributed by atoms with Gasteiger partial charge in [-0.2, -0.15) is 0 Å². The van der Waals surface area contributed by atoms with Gasteiger partial charge in [-0.1, -0.05) is 25.5 Å². The van der Waals surface area contributed by atoms with Crippen LogP contribution in [0.2, 0.25) is 0 Å². The van der Waals surface area contributed by atoms with E-state index in [-0.39, 0.29) is 5.54 Å². The molecule has 1 atom stereocenters. The molecule has 1 aromatic carbocycles. The van der Waals surface area contributed by atoms with Crippen molar-refractivity contribution < 1.29 is 4.21 Å². The zero-order valence-corrected chi connectivity index (χ0v) is 12.1. The number of rotatable bonds is 6. The Hall–Kier alpha value is -0.670. The highest BCUT2D eigenvalue weighted by molar-refractivity contribution is 7.84. The van der Waals surface area contributed by atoms with Crippen molar-refractivity contribution >= 4 is 10.8 Å². The van der Waals surface area contributed by atoms with Crippen LogP contribution in [0.15, 0.2) is 29.2 Å². The largest absolute Gasteiger partial charge is 0.308 e. The smallest absolute Gasteiger partial charge is 0.0498 e. The first kappa shape index (κ1) is 14.4. The second-order valence-corrected chi connectivity index (χ2v) is 6.47. The zero-order chi connectivity index (χ0) is 12.9. The van der Waals surface area contributed by atoms with Gasteiger partial charge >= 0.3 is 0 Å². The van der Waals surface area contributed by atoms with E-state index in [0.29, 0.717) is 0 Å². The number of nitrogens with one attached hydrogen (secondary N) is 1. The summed E-state index contributed by atoms with van der Waals surface area (Å²) in [7, 11) is -0.882. The highest BCUT2D eigenvalue weighted by Crippen LogP contribution is 2.13. The third-order valence-electron chi connectivity index (χ3n) is 2.90. The summed E-state index contributed by atoms with van der Waals surface area (Å²) >= 11 is 0. The van der Waals surface area contributed by atoms with Crippen molar-refractivity contribution in [2.75, 3.05) is 6.26 Å². The molecule has 0 aliphatic carbocycles. The summed E-state index contributed by atoms with van der Waals surface area (Å²) in [5.41, 5.74) is 1.42. The van der Waals surface area contributed by atoms with E-state index in [1.54, 1.807) is 6.26 Å². The summed E-state index contributed by atoms with van der Waals surface area (Å²) in [5.74, 6) is 0. The van der Waals surface area contributed by atoms with E-state index in [1.807, 2.05) is 24.3 Å². The first-order valence-electron chi connectivity index (χ1n) is 6.12. The Balaban J connectivity index is 2.55. The maximum Gasteiger partial charge on any atom is 0.0498 e. The molecular formula is C14H23NOS. The van der Waals surface area contributed by atoms with Gasteiger partial charge in [-0.15, -0.1) is 0 Å². The maximum atomic E-state index is 11.3. The molecule has 0 bridgehead atoms. The fourth-order valence-corrected chi connectivity index (χ4v) is 2.37. The molecule has 0 heterocycles. The lowest BCUT2D eigenvalue weighted by molar-refractivity contribution is 0.357. The maximum absolute atomic E-state index is 11.3. The Morgan fingerprint density at radius 1 is 1.24 bits per heavy atom. The number of hydrogen-bond acceptors (Lipinski definition) is 2. The summed E-state index contributed by atoms with van der Waals surface area (Å²) in [4.78, 5) is 0.890. The molecule has 1 rings (SSSR count). The fraction of sp³-hybridized carbons (Fsp3) is 0.571. The van der Waals surface area contributed by atoms with Gasteiger partial charge in [0, 0.05) is 34.0 Å². The number of benzene rings is 1. The lowest BCUT2D eigenvalue weighted by Gasteiger charge is -2.26. The first-order chi connectivity index (χ1) is 7.94. The fourth-order valence-electron chi connectivity index (χ4n) is 1.85. The molecule has 0 aromatic heterocycles. The van der Waals surface area contributed by atoms with Crippen LogP contribution in [0.5, 0.6) is 0 Å². The SMILES string of the molecule is CCCC(C)(C)NCc1ccc(S(C)=O)cc1. The van der Waals surface area contributed by atoms with Gasteiger partial charge in [-0.25, -0.2) is 0 Å². The van der Waals surface area contributed by atoms with Crippen LogP contribution in [-0.2, 0) is 17.3 Å². The molecule has 1 N–H and O–H groups in total. The van der Waals surface area contributed by atoms with Crippen molar-refractivity contribution in [1.29, 1.82) is 0 Å². The lowest BCUT2D eigenvalue weighted by atomic mass is 9.98.